The highest BCUT2D eigenvalue weighted by Crippen LogP contribution is 2.03. The topological polar surface area (TPSA) is 65.2 Å². The molecule has 1 aliphatic heterocycles. The van der Waals surface area contributed by atoms with Crippen LogP contribution in [0.1, 0.15) is 12.5 Å². The first kappa shape index (κ1) is 12.5. The lowest BCUT2D eigenvalue weighted by molar-refractivity contribution is 0.477. The average molecular weight is 249 g/mol. The maximum absolute atomic E-state index is 5.05. The van der Waals surface area contributed by atoms with E-state index < -0.39 is 0 Å². The predicted octanol–water partition coefficient (Wildman–Crippen LogP) is 0.634. The van der Waals surface area contributed by atoms with Crippen molar-refractivity contribution in [3.8, 4) is 0 Å². The van der Waals surface area contributed by atoms with Crippen LogP contribution in [0.2, 0.25) is 0 Å². The van der Waals surface area contributed by atoms with Crippen LogP contribution in [-0.4, -0.2) is 43.6 Å². The highest BCUT2D eigenvalue weighted by Gasteiger charge is 2.17. The summed E-state index contributed by atoms with van der Waals surface area (Å²) in [4.78, 5) is 10.7. The van der Waals surface area contributed by atoms with E-state index in [1.165, 1.54) is 5.56 Å². The van der Waals surface area contributed by atoms with Crippen molar-refractivity contribution < 1.29 is 4.42 Å². The van der Waals surface area contributed by atoms with Crippen LogP contribution in [-0.2, 0) is 6.42 Å². The smallest absolute Gasteiger partial charge is 0.202 e. The molecule has 1 unspecified atom stereocenters. The molecule has 1 atom stereocenters. The van der Waals surface area contributed by atoms with Crippen LogP contribution < -0.4 is 10.6 Å². The molecule has 6 nitrogen and oxygen atoms in total. The molecule has 0 spiro atoms. The Hall–Kier alpha value is -1.98. The Kier molecular flexibility index (Phi) is 3.86. The molecule has 1 aliphatic rings. The molecule has 2 heterocycles. The van der Waals surface area contributed by atoms with E-state index in [0.29, 0.717) is 0 Å². The quantitative estimate of drug-likeness (QED) is 0.825. The van der Waals surface area contributed by atoms with Crippen molar-refractivity contribution in [3.05, 3.63) is 24.2 Å². The maximum Gasteiger partial charge on any atom is 0.202 e. The number of rotatable bonds is 3. The van der Waals surface area contributed by atoms with Gasteiger partial charge < -0.3 is 14.6 Å². The van der Waals surface area contributed by atoms with Crippen LogP contribution in [0.25, 0.3) is 0 Å². The van der Waals surface area contributed by atoms with E-state index in [0.717, 1.165) is 24.9 Å². The number of nitrogens with zero attached hydrogens (tertiary/aromatic N) is 3. The van der Waals surface area contributed by atoms with Crippen LogP contribution in [0.5, 0.6) is 0 Å². The van der Waals surface area contributed by atoms with Crippen molar-refractivity contribution in [3.63, 3.8) is 0 Å². The van der Waals surface area contributed by atoms with Crippen molar-refractivity contribution in [1.82, 2.24) is 15.5 Å². The Morgan fingerprint density at radius 1 is 1.56 bits per heavy atom. The van der Waals surface area contributed by atoms with E-state index in [1.54, 1.807) is 19.6 Å². The molecule has 0 aliphatic carbocycles. The fourth-order valence-electron chi connectivity index (χ4n) is 1.74. The molecule has 0 radical (unpaired) electrons. The fourth-order valence-corrected chi connectivity index (χ4v) is 1.74. The van der Waals surface area contributed by atoms with Gasteiger partial charge in [-0.3, -0.25) is 10.3 Å². The highest BCUT2D eigenvalue weighted by molar-refractivity contribution is 6.00. The lowest BCUT2D eigenvalue weighted by Gasteiger charge is -2.28. The Morgan fingerprint density at radius 2 is 2.39 bits per heavy atom. The van der Waals surface area contributed by atoms with Crippen molar-refractivity contribution in [1.29, 1.82) is 0 Å². The summed E-state index contributed by atoms with van der Waals surface area (Å²) in [6.07, 6.45) is 4.43. The second kappa shape index (κ2) is 5.57. The van der Waals surface area contributed by atoms with Gasteiger partial charge in [0.1, 0.15) is 6.17 Å². The minimum Gasteiger partial charge on any atom is -0.472 e. The molecule has 1 aromatic heterocycles. The molecule has 2 rings (SSSR count). The number of hydrogen-bond acceptors (Lipinski definition) is 4. The summed E-state index contributed by atoms with van der Waals surface area (Å²) in [5, 5.41) is 6.28. The normalized spacial score (nSPS) is 21.2. The standard InChI is InChI=1S/C12H19N5O/c1-9-14-11(13-2)16-12(15-9)17(3)6-4-10-5-7-18-8-10/h5,7-9H,4,6H2,1-3H3,(H2,13,14,15,16). The Balaban J connectivity index is 1.94. The zero-order valence-electron chi connectivity index (χ0n) is 11.0. The molecule has 0 bridgehead atoms. The molecular formula is C12H19N5O. The molecular weight excluding hydrogens is 230 g/mol. The summed E-state index contributed by atoms with van der Waals surface area (Å²) in [7, 11) is 3.76. The minimum absolute atomic E-state index is 0.0383. The summed E-state index contributed by atoms with van der Waals surface area (Å²) >= 11 is 0. The van der Waals surface area contributed by atoms with Gasteiger partial charge >= 0.3 is 0 Å². The largest absolute Gasteiger partial charge is 0.472 e. The molecule has 0 aromatic carbocycles. The molecule has 0 amide bonds. The van der Waals surface area contributed by atoms with E-state index in [-0.39, 0.29) is 6.17 Å². The van der Waals surface area contributed by atoms with Gasteiger partial charge in [0.2, 0.25) is 5.96 Å². The first-order chi connectivity index (χ1) is 8.69. The van der Waals surface area contributed by atoms with Crippen LogP contribution in [0.4, 0.5) is 0 Å². The number of aliphatic imine (C=N–C) groups is 2. The first-order valence-corrected chi connectivity index (χ1v) is 5.99. The number of likely N-dealkylation sites (N-methyl/N-ethyl adjacent to an activating group) is 1. The lowest BCUT2D eigenvalue weighted by atomic mass is 10.2. The minimum atomic E-state index is 0.0383. The highest BCUT2D eigenvalue weighted by atomic mass is 16.3. The molecule has 0 saturated heterocycles. The van der Waals surface area contributed by atoms with E-state index >= 15 is 0 Å². The zero-order chi connectivity index (χ0) is 13.0. The number of furan rings is 1. The van der Waals surface area contributed by atoms with Gasteiger partial charge in [0, 0.05) is 20.6 Å². The average Bonchev–Trinajstić information content (AvgIpc) is 2.88. The number of nitrogens with one attached hydrogen (secondary N) is 2. The van der Waals surface area contributed by atoms with Gasteiger partial charge in [0.15, 0.2) is 5.96 Å². The van der Waals surface area contributed by atoms with Crippen LogP contribution >= 0.6 is 0 Å². The first-order valence-electron chi connectivity index (χ1n) is 5.99. The third-order valence-corrected chi connectivity index (χ3v) is 2.79. The van der Waals surface area contributed by atoms with Gasteiger partial charge in [-0.15, -0.1) is 0 Å². The van der Waals surface area contributed by atoms with E-state index in [4.69, 9.17) is 4.42 Å². The van der Waals surface area contributed by atoms with Crippen LogP contribution in [0.15, 0.2) is 33.0 Å². The van der Waals surface area contributed by atoms with Crippen molar-refractivity contribution >= 4 is 11.9 Å². The second-order valence-corrected chi connectivity index (χ2v) is 4.27. The predicted molar refractivity (Wildman–Crippen MR) is 71.6 cm³/mol. The van der Waals surface area contributed by atoms with Crippen LogP contribution in [0.3, 0.4) is 0 Å². The summed E-state index contributed by atoms with van der Waals surface area (Å²) in [6.45, 7) is 2.87. The number of hydrogen-bond donors (Lipinski definition) is 2. The van der Waals surface area contributed by atoms with Gasteiger partial charge in [0.05, 0.1) is 12.5 Å². The van der Waals surface area contributed by atoms with E-state index in [9.17, 15) is 0 Å². The monoisotopic (exact) mass is 249 g/mol. The van der Waals surface area contributed by atoms with Crippen molar-refractivity contribution in [2.24, 2.45) is 9.98 Å². The fraction of sp³-hybridized carbons (Fsp3) is 0.500. The molecule has 0 fully saturated rings. The summed E-state index contributed by atoms with van der Waals surface area (Å²) in [5.74, 6) is 1.59. The number of guanidine groups is 2. The van der Waals surface area contributed by atoms with Gasteiger partial charge in [-0.05, 0) is 25.0 Å². The third-order valence-electron chi connectivity index (χ3n) is 2.79. The third kappa shape index (κ3) is 3.03. The molecule has 0 saturated carbocycles. The Bertz CT molecular complexity index is 437. The lowest BCUT2D eigenvalue weighted by Crippen LogP contribution is -2.54. The molecule has 18 heavy (non-hydrogen) atoms. The van der Waals surface area contributed by atoms with Gasteiger partial charge in [0.25, 0.3) is 0 Å². The zero-order valence-corrected chi connectivity index (χ0v) is 11.0. The SMILES string of the molecule is CN=C1NC(N(C)CCc2ccoc2)=NC(C)N1. The molecule has 6 heteroatoms. The maximum atomic E-state index is 5.05. The Morgan fingerprint density at radius 3 is 3.06 bits per heavy atom. The summed E-state index contributed by atoms with van der Waals surface area (Å²) in [6, 6.07) is 1.98. The summed E-state index contributed by atoms with van der Waals surface area (Å²) < 4.78 is 5.05. The van der Waals surface area contributed by atoms with Crippen molar-refractivity contribution in [2.75, 3.05) is 20.6 Å². The van der Waals surface area contributed by atoms with Gasteiger partial charge in [-0.2, -0.15) is 0 Å². The second-order valence-electron chi connectivity index (χ2n) is 4.27. The summed E-state index contributed by atoms with van der Waals surface area (Å²) in [5.41, 5.74) is 1.19. The van der Waals surface area contributed by atoms with Gasteiger partial charge in [-0.1, -0.05) is 0 Å². The molecule has 2 N–H and O–H groups in total. The van der Waals surface area contributed by atoms with Gasteiger partial charge in [-0.25, -0.2) is 4.99 Å². The van der Waals surface area contributed by atoms with E-state index in [1.807, 2.05) is 20.0 Å². The van der Waals surface area contributed by atoms with E-state index in [2.05, 4.69) is 25.5 Å². The van der Waals surface area contributed by atoms with Crippen molar-refractivity contribution in [2.45, 2.75) is 19.5 Å². The van der Waals surface area contributed by atoms with Crippen LogP contribution in [0, 0.1) is 0 Å². The Labute approximate surface area is 107 Å². The molecule has 1 aromatic rings. The molecule has 98 valence electrons.